The highest BCUT2D eigenvalue weighted by molar-refractivity contribution is 5.99. The molecule has 0 spiro atoms. The van der Waals surface area contributed by atoms with E-state index in [9.17, 15) is 14.4 Å². The van der Waals surface area contributed by atoms with Gasteiger partial charge in [-0.25, -0.2) is 4.79 Å². The zero-order chi connectivity index (χ0) is 15.1. The van der Waals surface area contributed by atoms with Gasteiger partial charge in [0.2, 0.25) is 5.91 Å². The molecule has 0 bridgehead atoms. The predicted molar refractivity (Wildman–Crippen MR) is 74.1 cm³/mol. The molecule has 0 unspecified atom stereocenters. The topological polar surface area (TPSA) is 75.7 Å². The Balaban J connectivity index is 2.37. The number of esters is 1. The van der Waals surface area contributed by atoms with E-state index in [2.05, 4.69) is 5.32 Å². The molecule has 0 aromatic rings. The van der Waals surface area contributed by atoms with Crippen LogP contribution in [0.5, 0.6) is 0 Å². The summed E-state index contributed by atoms with van der Waals surface area (Å²) < 4.78 is 5.28. The van der Waals surface area contributed by atoms with Gasteiger partial charge in [-0.1, -0.05) is 6.92 Å². The van der Waals surface area contributed by atoms with Crippen LogP contribution in [0.1, 0.15) is 39.0 Å². The third kappa shape index (κ3) is 5.69. The van der Waals surface area contributed by atoms with Gasteiger partial charge in [-0.05, 0) is 33.4 Å². The lowest BCUT2D eigenvalue weighted by molar-refractivity contribution is -0.159. The van der Waals surface area contributed by atoms with Crippen LogP contribution in [0.3, 0.4) is 0 Å². The van der Waals surface area contributed by atoms with Crippen molar-refractivity contribution in [3.63, 3.8) is 0 Å². The van der Waals surface area contributed by atoms with Crippen LogP contribution in [-0.2, 0) is 19.1 Å². The zero-order valence-electron chi connectivity index (χ0n) is 12.5. The van der Waals surface area contributed by atoms with E-state index < -0.39 is 17.9 Å². The number of rotatable bonds is 7. The molecule has 1 saturated heterocycles. The van der Waals surface area contributed by atoms with Crippen molar-refractivity contribution in [3.05, 3.63) is 0 Å². The van der Waals surface area contributed by atoms with Crippen LogP contribution in [0.15, 0.2) is 0 Å². The molecule has 0 aliphatic carbocycles. The Labute approximate surface area is 119 Å². The standard InChI is InChI=1S/C14H24N2O4/c1-4-5-10(17)8-13(18)15-12-7-6-11(9-16(2)3)20-14(12)19/h11-12H,4-9H2,1-3H3,(H,15,18)/t11-,12-/m0/s1. The lowest BCUT2D eigenvalue weighted by Gasteiger charge is -2.30. The molecule has 1 N–H and O–H groups in total. The van der Waals surface area contributed by atoms with E-state index in [0.717, 1.165) is 12.8 Å². The monoisotopic (exact) mass is 284 g/mol. The molecule has 0 saturated carbocycles. The first-order valence-electron chi connectivity index (χ1n) is 7.08. The summed E-state index contributed by atoms with van der Waals surface area (Å²) >= 11 is 0. The van der Waals surface area contributed by atoms with Crippen LogP contribution in [0, 0.1) is 0 Å². The van der Waals surface area contributed by atoms with Crippen LogP contribution in [0.2, 0.25) is 0 Å². The summed E-state index contributed by atoms with van der Waals surface area (Å²) in [7, 11) is 3.84. The third-order valence-electron chi connectivity index (χ3n) is 3.14. The van der Waals surface area contributed by atoms with Gasteiger partial charge >= 0.3 is 5.97 Å². The second kappa shape index (κ2) is 7.99. The normalized spacial score (nSPS) is 22.5. The fourth-order valence-corrected chi connectivity index (χ4v) is 2.23. The number of likely N-dealkylation sites (N-methyl/N-ethyl adjacent to an activating group) is 1. The Morgan fingerprint density at radius 1 is 1.35 bits per heavy atom. The minimum atomic E-state index is -0.615. The average Bonchev–Trinajstić information content (AvgIpc) is 2.32. The molecule has 0 aromatic carbocycles. The van der Waals surface area contributed by atoms with Gasteiger partial charge in [0.1, 0.15) is 17.9 Å². The van der Waals surface area contributed by atoms with Crippen molar-refractivity contribution < 1.29 is 19.1 Å². The molecule has 0 aromatic heterocycles. The number of ether oxygens (including phenoxy) is 1. The summed E-state index contributed by atoms with van der Waals surface area (Å²) in [6.07, 6.45) is 2.13. The predicted octanol–water partition coefficient (Wildman–Crippen LogP) is 0.498. The summed E-state index contributed by atoms with van der Waals surface area (Å²) in [5, 5.41) is 2.58. The lowest BCUT2D eigenvalue weighted by Crippen LogP contribution is -2.48. The van der Waals surface area contributed by atoms with Crippen molar-refractivity contribution in [2.75, 3.05) is 20.6 Å². The van der Waals surface area contributed by atoms with Gasteiger partial charge in [0.25, 0.3) is 0 Å². The number of amides is 1. The van der Waals surface area contributed by atoms with Crippen LogP contribution in [0.4, 0.5) is 0 Å². The van der Waals surface area contributed by atoms with Gasteiger partial charge in [-0.3, -0.25) is 9.59 Å². The van der Waals surface area contributed by atoms with E-state index in [4.69, 9.17) is 4.74 Å². The maximum Gasteiger partial charge on any atom is 0.328 e. The molecular weight excluding hydrogens is 260 g/mol. The Morgan fingerprint density at radius 2 is 2.05 bits per heavy atom. The lowest BCUT2D eigenvalue weighted by atomic mass is 10.0. The number of nitrogens with zero attached hydrogens (tertiary/aromatic N) is 1. The molecule has 1 heterocycles. The van der Waals surface area contributed by atoms with Gasteiger partial charge in [-0.15, -0.1) is 0 Å². The van der Waals surface area contributed by atoms with Crippen LogP contribution >= 0.6 is 0 Å². The Bertz CT molecular complexity index is 368. The minimum Gasteiger partial charge on any atom is -0.459 e. The number of nitrogens with one attached hydrogen (secondary N) is 1. The fraction of sp³-hybridized carbons (Fsp3) is 0.786. The molecule has 1 aliphatic rings. The van der Waals surface area contributed by atoms with Crippen molar-refractivity contribution in [1.29, 1.82) is 0 Å². The smallest absolute Gasteiger partial charge is 0.328 e. The quantitative estimate of drug-likeness (QED) is 0.544. The molecule has 1 rings (SSSR count). The molecule has 6 heteroatoms. The van der Waals surface area contributed by atoms with E-state index in [1.165, 1.54) is 0 Å². The summed E-state index contributed by atoms with van der Waals surface area (Å²) in [6, 6.07) is -0.615. The minimum absolute atomic E-state index is 0.0975. The number of hydrogen-bond acceptors (Lipinski definition) is 5. The second-order valence-corrected chi connectivity index (χ2v) is 5.48. The van der Waals surface area contributed by atoms with Crippen LogP contribution < -0.4 is 5.32 Å². The number of carbonyl (C=O) groups is 3. The van der Waals surface area contributed by atoms with Gasteiger partial charge in [0, 0.05) is 13.0 Å². The highest BCUT2D eigenvalue weighted by Crippen LogP contribution is 2.15. The van der Waals surface area contributed by atoms with Crippen molar-refractivity contribution in [3.8, 4) is 0 Å². The molecule has 1 amide bonds. The zero-order valence-corrected chi connectivity index (χ0v) is 12.5. The highest BCUT2D eigenvalue weighted by Gasteiger charge is 2.31. The molecule has 6 nitrogen and oxygen atoms in total. The molecule has 2 atom stereocenters. The van der Waals surface area contributed by atoms with E-state index in [1.54, 1.807) is 0 Å². The van der Waals surface area contributed by atoms with Crippen molar-refractivity contribution in [1.82, 2.24) is 10.2 Å². The number of hydrogen-bond donors (Lipinski definition) is 1. The van der Waals surface area contributed by atoms with Crippen LogP contribution in [0.25, 0.3) is 0 Å². The fourth-order valence-electron chi connectivity index (χ4n) is 2.23. The maximum atomic E-state index is 11.8. The molecule has 20 heavy (non-hydrogen) atoms. The molecule has 0 radical (unpaired) electrons. The number of cyclic esters (lactones) is 1. The Morgan fingerprint density at radius 3 is 2.60 bits per heavy atom. The van der Waals surface area contributed by atoms with Crippen molar-refractivity contribution >= 4 is 17.7 Å². The first-order chi connectivity index (χ1) is 9.42. The largest absolute Gasteiger partial charge is 0.459 e. The van der Waals surface area contributed by atoms with E-state index in [1.807, 2.05) is 25.9 Å². The molecular formula is C14H24N2O4. The van der Waals surface area contributed by atoms with Gasteiger partial charge in [-0.2, -0.15) is 0 Å². The van der Waals surface area contributed by atoms with Gasteiger partial charge in [0.15, 0.2) is 0 Å². The summed E-state index contributed by atoms with van der Waals surface area (Å²) in [5.41, 5.74) is 0. The third-order valence-corrected chi connectivity index (χ3v) is 3.14. The molecule has 1 fully saturated rings. The highest BCUT2D eigenvalue weighted by atomic mass is 16.5. The van der Waals surface area contributed by atoms with Crippen molar-refractivity contribution in [2.24, 2.45) is 0 Å². The summed E-state index contributed by atoms with van der Waals surface area (Å²) in [4.78, 5) is 36.8. The number of ketones is 1. The van der Waals surface area contributed by atoms with E-state index >= 15 is 0 Å². The maximum absolute atomic E-state index is 11.8. The van der Waals surface area contributed by atoms with Gasteiger partial charge < -0.3 is 15.0 Å². The molecule has 1 aliphatic heterocycles. The average molecular weight is 284 g/mol. The second-order valence-electron chi connectivity index (χ2n) is 5.48. The van der Waals surface area contributed by atoms with E-state index in [0.29, 0.717) is 19.4 Å². The van der Waals surface area contributed by atoms with E-state index in [-0.39, 0.29) is 18.3 Å². The van der Waals surface area contributed by atoms with Gasteiger partial charge in [0.05, 0.1) is 6.42 Å². The van der Waals surface area contributed by atoms with Crippen molar-refractivity contribution in [2.45, 2.75) is 51.2 Å². The first-order valence-corrected chi connectivity index (χ1v) is 7.08. The Hall–Kier alpha value is -1.43. The number of carbonyl (C=O) groups excluding carboxylic acids is 3. The first kappa shape index (κ1) is 16.6. The number of Topliss-reactive ketones (excluding diaryl/α,β-unsaturated/α-hetero) is 1. The Kier molecular flexibility index (Phi) is 6.64. The van der Waals surface area contributed by atoms with Crippen LogP contribution in [-0.4, -0.2) is 55.3 Å². The summed E-state index contributed by atoms with van der Waals surface area (Å²) in [6.45, 7) is 2.57. The summed E-state index contributed by atoms with van der Waals surface area (Å²) in [5.74, 6) is -0.893. The molecule has 114 valence electrons. The SMILES string of the molecule is CCCC(=O)CC(=O)N[C@H]1CC[C@@H](CN(C)C)OC1=O.